The number of pyridine rings is 1. The van der Waals surface area contributed by atoms with Crippen LogP contribution in [0.2, 0.25) is 0 Å². The van der Waals surface area contributed by atoms with E-state index in [1.165, 1.54) is 22.0 Å². The van der Waals surface area contributed by atoms with Gasteiger partial charge in [-0.05, 0) is 35.9 Å². The SMILES string of the molecule is CCC(O)[C@@H]1CN(c2ccc(-c3ccc(-c4nnn(C)n4)nc3)c(F)c2)C(=O)O1. The predicted molar refractivity (Wildman–Crippen MR) is 101 cm³/mol. The number of ether oxygens (including phenoxy) is 1. The number of amides is 1. The number of aryl methyl sites for hydroxylation is 1. The van der Waals surface area contributed by atoms with E-state index in [4.69, 9.17) is 4.74 Å². The Morgan fingerprint density at radius 1 is 1.34 bits per heavy atom. The molecule has 0 bridgehead atoms. The first kappa shape index (κ1) is 18.9. The quantitative estimate of drug-likeness (QED) is 0.702. The number of hydrogen-bond donors (Lipinski definition) is 1. The zero-order valence-corrected chi connectivity index (χ0v) is 15.9. The van der Waals surface area contributed by atoms with Crippen molar-refractivity contribution >= 4 is 11.8 Å². The summed E-state index contributed by atoms with van der Waals surface area (Å²) in [6.07, 6.45) is 0.0218. The van der Waals surface area contributed by atoms with Crippen LogP contribution in [0, 0.1) is 5.82 Å². The Labute approximate surface area is 165 Å². The molecule has 10 heteroatoms. The number of rotatable bonds is 5. The van der Waals surface area contributed by atoms with Crippen LogP contribution in [0.25, 0.3) is 22.6 Å². The van der Waals surface area contributed by atoms with Gasteiger partial charge in [-0.15, -0.1) is 10.2 Å². The van der Waals surface area contributed by atoms with E-state index < -0.39 is 24.1 Å². The van der Waals surface area contributed by atoms with Crippen molar-refractivity contribution in [2.45, 2.75) is 25.6 Å². The summed E-state index contributed by atoms with van der Waals surface area (Å²) in [5.74, 6) is -0.117. The molecule has 1 aliphatic rings. The summed E-state index contributed by atoms with van der Waals surface area (Å²) < 4.78 is 19.9. The summed E-state index contributed by atoms with van der Waals surface area (Å²) in [4.78, 5) is 19.0. The van der Waals surface area contributed by atoms with Gasteiger partial charge in [0, 0.05) is 17.3 Å². The van der Waals surface area contributed by atoms with E-state index in [0.29, 0.717) is 34.8 Å². The number of carbonyl (C=O) groups is 1. The Morgan fingerprint density at radius 2 is 2.17 bits per heavy atom. The van der Waals surface area contributed by atoms with E-state index in [9.17, 15) is 14.3 Å². The molecule has 3 heterocycles. The summed E-state index contributed by atoms with van der Waals surface area (Å²) in [5, 5.41) is 21.6. The standard InChI is InChI=1S/C19H19FN6O3/c1-3-16(27)17-10-26(19(28)29-17)12-5-6-13(14(20)8-12)11-4-7-15(21-9-11)18-22-24-25(2)23-18/h4-9,16-17,27H,3,10H2,1-2H3/t16?,17-/m0/s1. The number of tetrazole rings is 1. The Balaban J connectivity index is 1.55. The third-order valence-electron chi connectivity index (χ3n) is 4.76. The fourth-order valence-corrected chi connectivity index (χ4v) is 3.14. The largest absolute Gasteiger partial charge is 0.441 e. The first-order chi connectivity index (χ1) is 14.0. The van der Waals surface area contributed by atoms with Crippen LogP contribution in [-0.4, -0.2) is 55.1 Å². The highest BCUT2D eigenvalue weighted by atomic mass is 19.1. The fraction of sp³-hybridized carbons (Fsp3) is 0.316. The van der Waals surface area contributed by atoms with E-state index >= 15 is 0 Å². The van der Waals surface area contributed by atoms with Gasteiger partial charge in [-0.1, -0.05) is 13.0 Å². The second kappa shape index (κ2) is 7.55. The molecule has 150 valence electrons. The van der Waals surface area contributed by atoms with Crippen molar-refractivity contribution in [1.29, 1.82) is 0 Å². The average molecular weight is 398 g/mol. The first-order valence-corrected chi connectivity index (χ1v) is 9.13. The highest BCUT2D eigenvalue weighted by molar-refractivity contribution is 5.90. The molecule has 1 unspecified atom stereocenters. The van der Waals surface area contributed by atoms with Gasteiger partial charge in [0.25, 0.3) is 0 Å². The fourth-order valence-electron chi connectivity index (χ4n) is 3.14. The van der Waals surface area contributed by atoms with Crippen molar-refractivity contribution < 1.29 is 19.0 Å². The third kappa shape index (κ3) is 3.66. The van der Waals surface area contributed by atoms with E-state index in [0.717, 1.165) is 0 Å². The van der Waals surface area contributed by atoms with Crippen LogP contribution < -0.4 is 4.90 Å². The highest BCUT2D eigenvalue weighted by Gasteiger charge is 2.36. The van der Waals surface area contributed by atoms with Crippen LogP contribution in [0.4, 0.5) is 14.9 Å². The van der Waals surface area contributed by atoms with E-state index in [1.54, 1.807) is 38.2 Å². The molecule has 2 aromatic heterocycles. The first-order valence-electron chi connectivity index (χ1n) is 9.13. The zero-order chi connectivity index (χ0) is 20.5. The Bertz CT molecular complexity index is 1040. The van der Waals surface area contributed by atoms with Gasteiger partial charge in [-0.2, -0.15) is 4.80 Å². The Kier molecular flexibility index (Phi) is 4.93. The Morgan fingerprint density at radius 3 is 2.79 bits per heavy atom. The minimum Gasteiger partial charge on any atom is -0.441 e. The number of carbonyl (C=O) groups excluding carboxylic acids is 1. The van der Waals surface area contributed by atoms with Gasteiger partial charge < -0.3 is 9.84 Å². The van der Waals surface area contributed by atoms with Crippen LogP contribution in [-0.2, 0) is 11.8 Å². The molecule has 1 fully saturated rings. The minimum absolute atomic E-state index is 0.175. The van der Waals surface area contributed by atoms with Gasteiger partial charge in [0.15, 0.2) is 0 Å². The number of aliphatic hydroxyl groups excluding tert-OH is 1. The number of hydrogen-bond acceptors (Lipinski definition) is 7. The lowest BCUT2D eigenvalue weighted by Gasteiger charge is -2.16. The van der Waals surface area contributed by atoms with Gasteiger partial charge in [0.1, 0.15) is 17.6 Å². The van der Waals surface area contributed by atoms with E-state index in [2.05, 4.69) is 20.4 Å². The maximum Gasteiger partial charge on any atom is 0.414 e. The van der Waals surface area contributed by atoms with Gasteiger partial charge in [-0.3, -0.25) is 9.88 Å². The molecule has 1 aromatic carbocycles. The van der Waals surface area contributed by atoms with Gasteiger partial charge in [0.05, 0.1) is 25.4 Å². The Hall–Kier alpha value is -3.40. The smallest absolute Gasteiger partial charge is 0.414 e. The molecule has 3 aromatic rings. The van der Waals surface area contributed by atoms with Crippen molar-refractivity contribution in [2.75, 3.05) is 11.4 Å². The molecule has 0 saturated carbocycles. The van der Waals surface area contributed by atoms with Gasteiger partial charge >= 0.3 is 6.09 Å². The summed E-state index contributed by atoms with van der Waals surface area (Å²) in [6, 6.07) is 7.90. The van der Waals surface area contributed by atoms with Gasteiger partial charge in [0.2, 0.25) is 5.82 Å². The third-order valence-corrected chi connectivity index (χ3v) is 4.76. The van der Waals surface area contributed by atoms with Gasteiger partial charge in [-0.25, -0.2) is 9.18 Å². The van der Waals surface area contributed by atoms with Crippen LogP contribution in [0.5, 0.6) is 0 Å². The lowest BCUT2D eigenvalue weighted by Crippen LogP contribution is -2.30. The number of aromatic nitrogens is 5. The van der Waals surface area contributed by atoms with Crippen LogP contribution in [0.3, 0.4) is 0 Å². The normalized spacial score (nSPS) is 17.4. The number of nitrogens with zero attached hydrogens (tertiary/aromatic N) is 6. The number of halogens is 1. The van der Waals surface area contributed by atoms with Crippen molar-refractivity contribution in [3.05, 3.63) is 42.3 Å². The lowest BCUT2D eigenvalue weighted by atomic mass is 10.1. The summed E-state index contributed by atoms with van der Waals surface area (Å²) in [7, 11) is 1.66. The van der Waals surface area contributed by atoms with Crippen molar-refractivity contribution in [2.24, 2.45) is 7.05 Å². The predicted octanol–water partition coefficient (Wildman–Crippen LogP) is 2.17. The zero-order valence-electron chi connectivity index (χ0n) is 15.9. The monoisotopic (exact) mass is 398 g/mol. The average Bonchev–Trinajstić information content (AvgIpc) is 3.33. The molecule has 2 atom stereocenters. The molecule has 4 rings (SSSR count). The van der Waals surface area contributed by atoms with E-state index in [1.807, 2.05) is 0 Å². The highest BCUT2D eigenvalue weighted by Crippen LogP contribution is 2.30. The summed E-state index contributed by atoms with van der Waals surface area (Å²) >= 11 is 0. The number of benzene rings is 1. The molecular formula is C19H19FN6O3. The maximum atomic E-state index is 14.8. The molecule has 0 aliphatic carbocycles. The maximum absolute atomic E-state index is 14.8. The van der Waals surface area contributed by atoms with Crippen LogP contribution in [0.1, 0.15) is 13.3 Å². The molecule has 1 aliphatic heterocycles. The number of anilines is 1. The molecule has 0 spiro atoms. The van der Waals surface area contributed by atoms with Crippen LogP contribution in [0.15, 0.2) is 36.5 Å². The summed E-state index contributed by atoms with van der Waals surface area (Å²) in [6.45, 7) is 1.98. The second-order valence-corrected chi connectivity index (χ2v) is 6.71. The lowest BCUT2D eigenvalue weighted by molar-refractivity contribution is 0.0308. The molecule has 1 saturated heterocycles. The molecule has 0 radical (unpaired) electrons. The van der Waals surface area contributed by atoms with Crippen molar-refractivity contribution in [1.82, 2.24) is 25.2 Å². The summed E-state index contributed by atoms with van der Waals surface area (Å²) in [5.41, 5.74) is 1.82. The van der Waals surface area contributed by atoms with E-state index in [-0.39, 0.29) is 6.54 Å². The molecular weight excluding hydrogens is 379 g/mol. The topological polar surface area (TPSA) is 106 Å². The molecule has 9 nitrogen and oxygen atoms in total. The van der Waals surface area contributed by atoms with Crippen LogP contribution >= 0.6 is 0 Å². The molecule has 1 amide bonds. The number of cyclic esters (lactones) is 1. The van der Waals surface area contributed by atoms with Crippen molar-refractivity contribution in [3.8, 4) is 22.6 Å². The van der Waals surface area contributed by atoms with Crippen molar-refractivity contribution in [3.63, 3.8) is 0 Å². The second-order valence-electron chi connectivity index (χ2n) is 6.71. The molecule has 29 heavy (non-hydrogen) atoms. The minimum atomic E-state index is -0.749. The number of aliphatic hydroxyl groups is 1. The molecule has 1 N–H and O–H groups in total.